The SMILES string of the molecule is C[C@H]1C[C@@H](N2CCOC[C@H]2[OH2+])C[C@H]([O-])O1. The zero-order valence-corrected chi connectivity index (χ0v) is 9.02. The van der Waals surface area contributed by atoms with Crippen molar-refractivity contribution in [3.05, 3.63) is 0 Å². The molecule has 0 aromatic heterocycles. The molecule has 0 amide bonds. The quantitative estimate of drug-likeness (QED) is 0.508. The van der Waals surface area contributed by atoms with Crippen LogP contribution in [0.25, 0.3) is 0 Å². The highest BCUT2D eigenvalue weighted by Crippen LogP contribution is 2.23. The average Bonchev–Trinajstić information content (AvgIpc) is 2.16. The molecule has 0 spiro atoms. The Morgan fingerprint density at radius 1 is 1.40 bits per heavy atom. The molecule has 5 heteroatoms. The minimum Gasteiger partial charge on any atom is -0.831 e. The maximum absolute atomic E-state index is 11.4. The fraction of sp³-hybridized carbons (Fsp3) is 1.00. The Bertz CT molecular complexity index is 204. The molecule has 0 aromatic rings. The summed E-state index contributed by atoms with van der Waals surface area (Å²) in [7, 11) is 0. The van der Waals surface area contributed by atoms with E-state index in [2.05, 4.69) is 4.90 Å². The van der Waals surface area contributed by atoms with Crippen LogP contribution in [0.2, 0.25) is 0 Å². The number of nitrogens with zero attached hydrogens (tertiary/aromatic N) is 1. The van der Waals surface area contributed by atoms with Crippen LogP contribution >= 0.6 is 0 Å². The van der Waals surface area contributed by atoms with E-state index in [1.54, 1.807) is 0 Å². The summed E-state index contributed by atoms with van der Waals surface area (Å²) in [6.45, 7) is 3.81. The van der Waals surface area contributed by atoms with E-state index in [1.165, 1.54) is 0 Å². The van der Waals surface area contributed by atoms with Crippen molar-refractivity contribution >= 4 is 0 Å². The molecule has 5 nitrogen and oxygen atoms in total. The van der Waals surface area contributed by atoms with Crippen molar-refractivity contribution in [3.8, 4) is 0 Å². The third-order valence-corrected chi connectivity index (χ3v) is 3.09. The lowest BCUT2D eigenvalue weighted by atomic mass is 10.0. The van der Waals surface area contributed by atoms with Crippen LogP contribution < -0.4 is 5.11 Å². The van der Waals surface area contributed by atoms with Gasteiger partial charge in [-0.15, -0.1) is 0 Å². The van der Waals surface area contributed by atoms with Gasteiger partial charge in [-0.25, -0.2) is 4.90 Å². The van der Waals surface area contributed by atoms with Crippen LogP contribution in [0, 0.1) is 0 Å². The third-order valence-electron chi connectivity index (χ3n) is 3.09. The summed E-state index contributed by atoms with van der Waals surface area (Å²) in [5, 5.41) is 19.2. The predicted octanol–water partition coefficient (Wildman–Crippen LogP) is -1.38. The molecule has 2 aliphatic heterocycles. The summed E-state index contributed by atoms with van der Waals surface area (Å²) in [5.74, 6) is 0. The molecule has 0 aromatic carbocycles. The summed E-state index contributed by atoms with van der Waals surface area (Å²) >= 11 is 0. The standard InChI is InChI=1S/C10H18NO4/c1-7-4-8(5-10(13)15-7)11-2-3-14-6-9(11)12/h7-10,12H,2-6H2,1H3/q-1/p+1/t7-,8+,9+,10+/m0/s1. The van der Waals surface area contributed by atoms with E-state index in [-0.39, 0.29) is 18.4 Å². The zero-order chi connectivity index (χ0) is 10.8. The summed E-state index contributed by atoms with van der Waals surface area (Å²) < 4.78 is 10.4. The molecule has 2 N–H and O–H groups in total. The van der Waals surface area contributed by atoms with Gasteiger partial charge >= 0.3 is 0 Å². The van der Waals surface area contributed by atoms with E-state index in [4.69, 9.17) is 14.6 Å². The number of hydrogen-bond donors (Lipinski definition) is 0. The van der Waals surface area contributed by atoms with Gasteiger partial charge in [0.15, 0.2) is 0 Å². The largest absolute Gasteiger partial charge is 0.831 e. The van der Waals surface area contributed by atoms with Crippen molar-refractivity contribution in [2.24, 2.45) is 0 Å². The summed E-state index contributed by atoms with van der Waals surface area (Å²) in [5.41, 5.74) is 0. The molecule has 2 fully saturated rings. The third kappa shape index (κ3) is 2.68. The van der Waals surface area contributed by atoms with Gasteiger partial charge in [-0.3, -0.25) is 0 Å². The van der Waals surface area contributed by atoms with E-state index in [1.807, 2.05) is 6.92 Å². The molecular formula is C10H19NO4. The van der Waals surface area contributed by atoms with E-state index < -0.39 is 6.29 Å². The monoisotopic (exact) mass is 217 g/mol. The molecule has 0 unspecified atom stereocenters. The lowest BCUT2D eigenvalue weighted by molar-refractivity contribution is -0.506. The molecule has 4 atom stereocenters. The van der Waals surface area contributed by atoms with E-state index in [9.17, 15) is 5.11 Å². The van der Waals surface area contributed by atoms with E-state index in [0.717, 1.165) is 13.0 Å². The maximum atomic E-state index is 11.4. The fourth-order valence-corrected chi connectivity index (χ4v) is 2.40. The number of ether oxygens (including phenoxy) is 2. The van der Waals surface area contributed by atoms with Crippen molar-refractivity contribution in [2.75, 3.05) is 19.8 Å². The van der Waals surface area contributed by atoms with Crippen LogP contribution in [-0.4, -0.2) is 54.4 Å². The van der Waals surface area contributed by atoms with Gasteiger partial charge in [0.2, 0.25) is 6.23 Å². The highest BCUT2D eigenvalue weighted by Gasteiger charge is 2.34. The van der Waals surface area contributed by atoms with Crippen molar-refractivity contribution in [3.63, 3.8) is 0 Å². The van der Waals surface area contributed by atoms with Gasteiger partial charge in [-0.05, 0) is 26.1 Å². The van der Waals surface area contributed by atoms with Crippen LogP contribution in [0.15, 0.2) is 0 Å². The number of hydrogen-bond acceptors (Lipinski definition) is 4. The van der Waals surface area contributed by atoms with Crippen LogP contribution in [0.4, 0.5) is 0 Å². The molecular weight excluding hydrogens is 198 g/mol. The first-order valence-corrected chi connectivity index (χ1v) is 5.52. The summed E-state index contributed by atoms with van der Waals surface area (Å²) in [4.78, 5) is 2.08. The molecule has 15 heavy (non-hydrogen) atoms. The first-order chi connectivity index (χ1) is 7.16. The van der Waals surface area contributed by atoms with Crippen molar-refractivity contribution in [1.82, 2.24) is 4.90 Å². The molecule has 0 saturated carbocycles. The Morgan fingerprint density at radius 3 is 2.87 bits per heavy atom. The topological polar surface area (TPSA) is 67.7 Å². The predicted molar refractivity (Wildman–Crippen MR) is 52.3 cm³/mol. The lowest BCUT2D eigenvalue weighted by Crippen LogP contribution is -2.55. The fourth-order valence-electron chi connectivity index (χ4n) is 2.40. The Morgan fingerprint density at radius 2 is 2.20 bits per heavy atom. The number of morpholine rings is 1. The summed E-state index contributed by atoms with van der Waals surface area (Å²) in [6.07, 6.45) is 0.129. The highest BCUT2D eigenvalue weighted by atomic mass is 16.6. The molecule has 2 aliphatic rings. The highest BCUT2D eigenvalue weighted by molar-refractivity contribution is 4.81. The van der Waals surface area contributed by atoms with Crippen LogP contribution in [0.3, 0.4) is 0 Å². The minimum atomic E-state index is -0.922. The molecule has 2 saturated heterocycles. The molecule has 88 valence electrons. The van der Waals surface area contributed by atoms with Gasteiger partial charge in [0.05, 0.1) is 12.7 Å². The van der Waals surface area contributed by atoms with Crippen LogP contribution in [0.1, 0.15) is 19.8 Å². The van der Waals surface area contributed by atoms with Crippen molar-refractivity contribution in [1.29, 1.82) is 0 Å². The second kappa shape index (κ2) is 4.76. The molecule has 0 radical (unpaired) electrons. The van der Waals surface area contributed by atoms with Crippen molar-refractivity contribution in [2.45, 2.75) is 44.4 Å². The van der Waals surface area contributed by atoms with Gasteiger partial charge in [-0.1, -0.05) is 0 Å². The van der Waals surface area contributed by atoms with Gasteiger partial charge in [0.1, 0.15) is 6.61 Å². The maximum Gasteiger partial charge on any atom is 0.237 e. The Kier molecular flexibility index (Phi) is 3.58. The van der Waals surface area contributed by atoms with E-state index >= 15 is 0 Å². The van der Waals surface area contributed by atoms with Crippen molar-refractivity contribution < 1.29 is 19.7 Å². The average molecular weight is 217 g/mol. The minimum absolute atomic E-state index is 0.0151. The molecule has 0 aliphatic carbocycles. The Hall–Kier alpha value is -0.200. The van der Waals surface area contributed by atoms with Crippen LogP contribution in [0.5, 0.6) is 0 Å². The zero-order valence-electron chi connectivity index (χ0n) is 9.02. The van der Waals surface area contributed by atoms with Gasteiger partial charge in [0.25, 0.3) is 0 Å². The number of rotatable bonds is 1. The molecule has 2 rings (SSSR count). The van der Waals surface area contributed by atoms with Gasteiger partial charge < -0.3 is 19.7 Å². The van der Waals surface area contributed by atoms with E-state index in [0.29, 0.717) is 19.6 Å². The van der Waals surface area contributed by atoms with Gasteiger partial charge in [0, 0.05) is 12.6 Å². The second-order valence-corrected chi connectivity index (χ2v) is 4.33. The second-order valence-electron chi connectivity index (χ2n) is 4.33. The summed E-state index contributed by atoms with van der Waals surface area (Å²) in [6, 6.07) is 0.197. The molecule has 2 heterocycles. The Labute approximate surface area is 89.6 Å². The smallest absolute Gasteiger partial charge is 0.237 e. The first kappa shape index (κ1) is 11.3. The normalized spacial score (nSPS) is 44.2. The van der Waals surface area contributed by atoms with Crippen LogP contribution in [-0.2, 0) is 9.47 Å². The Balaban J connectivity index is 1.95. The first-order valence-electron chi connectivity index (χ1n) is 5.52. The lowest BCUT2D eigenvalue weighted by Gasteiger charge is -2.44. The molecule has 0 bridgehead atoms. The van der Waals surface area contributed by atoms with Gasteiger partial charge in [-0.2, -0.15) is 0 Å².